The van der Waals surface area contributed by atoms with Crippen LogP contribution in [-0.2, 0) is 55.5 Å². The van der Waals surface area contributed by atoms with E-state index in [-0.39, 0.29) is 42.3 Å². The summed E-state index contributed by atoms with van der Waals surface area (Å²) >= 11 is 0. The molecule has 1 heterocycles. The number of aromatic nitrogens is 2. The Balaban J connectivity index is 1.21. The van der Waals surface area contributed by atoms with E-state index in [1.807, 2.05) is 54.6 Å². The molecule has 0 saturated heterocycles. The van der Waals surface area contributed by atoms with Gasteiger partial charge in [0.05, 0.1) is 23.0 Å². The van der Waals surface area contributed by atoms with E-state index in [0.717, 1.165) is 16.7 Å². The summed E-state index contributed by atoms with van der Waals surface area (Å²) in [7, 11) is 1.76. The third-order valence-electron chi connectivity index (χ3n) is 9.82. The lowest BCUT2D eigenvalue weighted by Gasteiger charge is -2.24. The smallest absolute Gasteiger partial charge is 0.338 e. The third-order valence-corrected chi connectivity index (χ3v) is 9.82. The van der Waals surface area contributed by atoms with Gasteiger partial charge in [0, 0.05) is 23.7 Å². The maximum atomic E-state index is 13.9. The second-order valence-corrected chi connectivity index (χ2v) is 14.6. The highest BCUT2D eigenvalue weighted by molar-refractivity contribution is 6.05. The SMILES string of the molecule is CC(C)C(NC(=O)C(CC(=O)OCc1ccccc1)NC(=O)c1ccc2c(c1)nc(-c1ccc(C(=O)OCc3ccccc3)cc1C(=N)N)n2C)C(=O)OCc1ccccc1. The molecule has 0 aliphatic carbocycles. The number of hydrogen-bond donors (Lipinski definition) is 4. The number of nitrogen functional groups attached to an aromatic ring is 1. The lowest BCUT2D eigenvalue weighted by molar-refractivity contribution is -0.151. The van der Waals surface area contributed by atoms with E-state index in [2.05, 4.69) is 10.6 Å². The normalized spacial score (nSPS) is 11.9. The van der Waals surface area contributed by atoms with Crippen molar-refractivity contribution >= 4 is 46.6 Å². The van der Waals surface area contributed by atoms with Crippen molar-refractivity contribution in [2.75, 3.05) is 0 Å². The highest BCUT2D eigenvalue weighted by Gasteiger charge is 2.32. The number of rotatable bonds is 17. The van der Waals surface area contributed by atoms with E-state index in [0.29, 0.717) is 22.4 Å². The number of ether oxygens (including phenoxy) is 3. The molecule has 0 aliphatic rings. The fourth-order valence-corrected chi connectivity index (χ4v) is 6.46. The van der Waals surface area contributed by atoms with Gasteiger partial charge in [-0.05, 0) is 59.0 Å². The number of hydrogen-bond acceptors (Lipinski definition) is 10. The summed E-state index contributed by atoms with van der Waals surface area (Å²) in [6, 6.07) is 34.2. The lowest BCUT2D eigenvalue weighted by atomic mass is 10.0. The van der Waals surface area contributed by atoms with E-state index in [4.69, 9.17) is 30.3 Å². The second kappa shape index (κ2) is 19.9. The number of amidine groups is 1. The molecule has 2 amide bonds. The zero-order chi connectivity index (χ0) is 43.5. The first-order valence-electron chi connectivity index (χ1n) is 19.6. The Bertz CT molecular complexity index is 2540. The average molecular weight is 823 g/mol. The Hall–Kier alpha value is -7.61. The minimum Gasteiger partial charge on any atom is -0.461 e. The molecule has 1 aromatic heterocycles. The molecule has 0 fully saturated rings. The monoisotopic (exact) mass is 822 g/mol. The summed E-state index contributed by atoms with van der Waals surface area (Å²) in [5.74, 6) is -3.79. The number of fused-ring (bicyclic) bond motifs is 1. The first kappa shape index (κ1) is 43.0. The number of aryl methyl sites for hydroxylation is 1. The largest absolute Gasteiger partial charge is 0.461 e. The van der Waals surface area contributed by atoms with Crippen LogP contribution in [0.5, 0.6) is 0 Å². The number of nitrogens with zero attached hydrogens (tertiary/aromatic N) is 2. The molecule has 5 N–H and O–H groups in total. The maximum Gasteiger partial charge on any atom is 0.338 e. The van der Waals surface area contributed by atoms with Crippen molar-refractivity contribution in [2.45, 2.75) is 52.2 Å². The molecule has 14 heteroatoms. The maximum absolute atomic E-state index is 13.9. The molecule has 312 valence electrons. The molecular formula is C47H46N6O8. The van der Waals surface area contributed by atoms with Crippen molar-refractivity contribution in [1.82, 2.24) is 20.2 Å². The van der Waals surface area contributed by atoms with Gasteiger partial charge in [0.2, 0.25) is 5.91 Å². The number of carbonyl (C=O) groups excluding carboxylic acids is 5. The van der Waals surface area contributed by atoms with E-state index >= 15 is 0 Å². The van der Waals surface area contributed by atoms with Gasteiger partial charge in [0.15, 0.2) is 0 Å². The minimum absolute atomic E-state index is 0.00630. The van der Waals surface area contributed by atoms with Crippen molar-refractivity contribution in [1.29, 1.82) is 5.41 Å². The van der Waals surface area contributed by atoms with Crippen LogP contribution in [0.3, 0.4) is 0 Å². The van der Waals surface area contributed by atoms with Crippen molar-refractivity contribution in [3.63, 3.8) is 0 Å². The Morgan fingerprint density at radius 1 is 0.705 bits per heavy atom. The number of amides is 2. The molecule has 6 rings (SSSR count). The van der Waals surface area contributed by atoms with E-state index in [1.54, 1.807) is 86.1 Å². The van der Waals surface area contributed by atoms with Gasteiger partial charge >= 0.3 is 17.9 Å². The predicted molar refractivity (Wildman–Crippen MR) is 228 cm³/mol. The highest BCUT2D eigenvalue weighted by Crippen LogP contribution is 2.28. The molecule has 0 saturated carbocycles. The number of nitrogens with two attached hydrogens (primary N) is 1. The van der Waals surface area contributed by atoms with Crippen LogP contribution in [0, 0.1) is 11.3 Å². The van der Waals surface area contributed by atoms with Crippen molar-refractivity contribution in [3.05, 3.63) is 161 Å². The molecular weight excluding hydrogens is 777 g/mol. The van der Waals surface area contributed by atoms with Gasteiger partial charge in [0.25, 0.3) is 5.91 Å². The van der Waals surface area contributed by atoms with Gasteiger partial charge in [-0.15, -0.1) is 0 Å². The van der Waals surface area contributed by atoms with E-state index in [1.165, 1.54) is 12.1 Å². The van der Waals surface area contributed by atoms with Crippen LogP contribution >= 0.6 is 0 Å². The molecule has 14 nitrogen and oxygen atoms in total. The van der Waals surface area contributed by atoms with Crippen LogP contribution in [0.2, 0.25) is 0 Å². The average Bonchev–Trinajstić information content (AvgIpc) is 3.60. The van der Waals surface area contributed by atoms with E-state index < -0.39 is 54.1 Å². The molecule has 0 aliphatic heterocycles. The highest BCUT2D eigenvalue weighted by atomic mass is 16.5. The molecule has 61 heavy (non-hydrogen) atoms. The Kier molecular flexibility index (Phi) is 14.0. The second-order valence-electron chi connectivity index (χ2n) is 14.6. The number of benzene rings is 5. The summed E-state index contributed by atoms with van der Waals surface area (Å²) in [6.07, 6.45) is -0.534. The number of carbonyl (C=O) groups is 5. The molecule has 0 radical (unpaired) electrons. The number of imidazole rings is 1. The Labute approximate surface area is 352 Å². The van der Waals surface area contributed by atoms with Crippen LogP contribution in [0.4, 0.5) is 0 Å². The third kappa shape index (κ3) is 11.1. The molecule has 0 bridgehead atoms. The fraction of sp³-hybridized carbons (Fsp3) is 0.213. The fourth-order valence-electron chi connectivity index (χ4n) is 6.46. The zero-order valence-electron chi connectivity index (χ0n) is 33.9. The van der Waals surface area contributed by atoms with Crippen LogP contribution in [-0.4, -0.2) is 57.2 Å². The Morgan fingerprint density at radius 3 is 1.84 bits per heavy atom. The molecule has 5 aromatic carbocycles. The molecule has 6 aromatic rings. The summed E-state index contributed by atoms with van der Waals surface area (Å²) in [5, 5.41) is 13.6. The quantitative estimate of drug-likeness (QED) is 0.0366. The van der Waals surface area contributed by atoms with Crippen molar-refractivity contribution in [3.8, 4) is 11.4 Å². The molecule has 2 unspecified atom stereocenters. The van der Waals surface area contributed by atoms with Crippen molar-refractivity contribution in [2.24, 2.45) is 18.7 Å². The number of nitrogens with one attached hydrogen (secondary N) is 3. The van der Waals surface area contributed by atoms with Gasteiger partial charge in [-0.1, -0.05) is 105 Å². The first-order chi connectivity index (χ1) is 29.4. The molecule has 2 atom stereocenters. The topological polar surface area (TPSA) is 205 Å². The zero-order valence-corrected chi connectivity index (χ0v) is 33.9. The standard InChI is InChI=1S/C47H46N6O8/c1-29(2)41(47(58)61-28-32-17-11-6-12-18-32)52-45(56)38(25-40(54)59-26-30-13-7-4-8-14-30)51-44(55)33-20-22-39-37(24-33)50-43(53(39)3)35-21-19-34(23-36(35)42(48)49)46(57)60-27-31-15-9-5-10-16-31/h4-24,29,38,41H,25-28H2,1-3H3,(H3,48,49)(H,51,55)(H,52,56). The summed E-state index contributed by atoms with van der Waals surface area (Å²) in [4.78, 5) is 71.8. The minimum atomic E-state index is -1.44. The lowest BCUT2D eigenvalue weighted by Crippen LogP contribution is -2.54. The summed E-state index contributed by atoms with van der Waals surface area (Å²) in [5.41, 5.74) is 10.4. The van der Waals surface area contributed by atoms with Gasteiger partial charge < -0.3 is 35.1 Å². The van der Waals surface area contributed by atoms with Crippen LogP contribution < -0.4 is 16.4 Å². The van der Waals surface area contributed by atoms with Gasteiger partial charge in [-0.2, -0.15) is 0 Å². The van der Waals surface area contributed by atoms with Crippen LogP contribution in [0.15, 0.2) is 127 Å². The number of esters is 3. The summed E-state index contributed by atoms with van der Waals surface area (Å²) in [6.45, 7) is 3.49. The summed E-state index contributed by atoms with van der Waals surface area (Å²) < 4.78 is 18.2. The van der Waals surface area contributed by atoms with Gasteiger partial charge in [-0.25, -0.2) is 14.6 Å². The Morgan fingerprint density at radius 2 is 1.26 bits per heavy atom. The van der Waals surface area contributed by atoms with Gasteiger partial charge in [0.1, 0.15) is 43.6 Å². The van der Waals surface area contributed by atoms with Crippen molar-refractivity contribution < 1.29 is 38.2 Å². The molecule has 0 spiro atoms. The predicted octanol–water partition coefficient (Wildman–Crippen LogP) is 6.00. The van der Waals surface area contributed by atoms with E-state index in [9.17, 15) is 24.0 Å². The van der Waals surface area contributed by atoms with Crippen LogP contribution in [0.25, 0.3) is 22.4 Å². The van der Waals surface area contributed by atoms with Gasteiger partial charge in [-0.3, -0.25) is 19.8 Å². The van der Waals surface area contributed by atoms with Crippen LogP contribution in [0.1, 0.15) is 63.2 Å². The first-order valence-corrected chi connectivity index (χ1v) is 19.6.